The number of amides is 2. The molecule has 2 aliphatic rings. The number of hydrogen-bond donors (Lipinski definition) is 1. The molecule has 2 aromatic carbocycles. The number of nitrogens with one attached hydrogen (secondary N) is 1. The van der Waals surface area contributed by atoms with E-state index in [0.29, 0.717) is 13.1 Å². The summed E-state index contributed by atoms with van der Waals surface area (Å²) in [5, 5.41) is 3.06. The molecular formula is C23H26N2O2. The summed E-state index contributed by atoms with van der Waals surface area (Å²) < 4.78 is 0. The molecule has 0 saturated heterocycles. The Morgan fingerprint density at radius 1 is 1.04 bits per heavy atom. The molecule has 0 bridgehead atoms. The maximum Gasteiger partial charge on any atom is 0.247 e. The van der Waals surface area contributed by atoms with Crippen molar-refractivity contribution >= 4 is 11.8 Å². The minimum absolute atomic E-state index is 0.0873. The summed E-state index contributed by atoms with van der Waals surface area (Å²) in [5.74, 6) is 0.167. The smallest absolute Gasteiger partial charge is 0.247 e. The van der Waals surface area contributed by atoms with Crippen LogP contribution in [0.4, 0.5) is 0 Å². The quantitative estimate of drug-likeness (QED) is 0.886. The first-order valence-corrected chi connectivity index (χ1v) is 9.91. The van der Waals surface area contributed by atoms with Crippen LogP contribution in [-0.4, -0.2) is 23.3 Å². The maximum absolute atomic E-state index is 13.1. The molecule has 4 rings (SSSR count). The predicted octanol–water partition coefficient (Wildman–Crippen LogP) is 3.40. The van der Waals surface area contributed by atoms with Gasteiger partial charge in [0.25, 0.3) is 0 Å². The van der Waals surface area contributed by atoms with Crippen molar-refractivity contribution in [3.05, 3.63) is 70.8 Å². The molecule has 27 heavy (non-hydrogen) atoms. The van der Waals surface area contributed by atoms with E-state index >= 15 is 0 Å². The summed E-state index contributed by atoms with van der Waals surface area (Å²) in [4.78, 5) is 27.7. The normalized spacial score (nSPS) is 18.7. The number of carbonyl (C=O) groups is 2. The molecule has 0 spiro atoms. The number of nitrogens with zero attached hydrogens (tertiary/aromatic N) is 1. The Labute approximate surface area is 160 Å². The molecule has 2 aromatic rings. The Balaban J connectivity index is 1.53. The van der Waals surface area contributed by atoms with Crippen LogP contribution >= 0.6 is 0 Å². The van der Waals surface area contributed by atoms with Gasteiger partial charge in [-0.15, -0.1) is 0 Å². The standard InChI is InChI=1S/C23H26N2O2/c1-2-16-7-9-17(10-8-16)15-24-22(26)21-20-6-4-3-5-18(20)13-14-25(21)23(27)19-11-12-19/h3-10,19,21H,2,11-15H2,1H3,(H,24,26). The van der Waals surface area contributed by atoms with Gasteiger partial charge >= 0.3 is 0 Å². The lowest BCUT2D eigenvalue weighted by atomic mass is 9.91. The number of aryl methyl sites for hydroxylation is 1. The highest BCUT2D eigenvalue weighted by Crippen LogP contribution is 2.37. The van der Waals surface area contributed by atoms with Crippen molar-refractivity contribution in [1.82, 2.24) is 10.2 Å². The fourth-order valence-electron chi connectivity index (χ4n) is 3.83. The average Bonchev–Trinajstić information content (AvgIpc) is 3.56. The summed E-state index contributed by atoms with van der Waals surface area (Å²) in [6, 6.07) is 15.8. The lowest BCUT2D eigenvalue weighted by Crippen LogP contribution is -2.47. The zero-order chi connectivity index (χ0) is 18.8. The van der Waals surface area contributed by atoms with Gasteiger partial charge in [0.2, 0.25) is 11.8 Å². The molecule has 1 N–H and O–H groups in total. The van der Waals surface area contributed by atoms with Gasteiger partial charge in [0.1, 0.15) is 6.04 Å². The van der Waals surface area contributed by atoms with Gasteiger partial charge in [-0.2, -0.15) is 0 Å². The second-order valence-electron chi connectivity index (χ2n) is 7.55. The molecule has 140 valence electrons. The first kappa shape index (κ1) is 17.8. The van der Waals surface area contributed by atoms with Crippen LogP contribution in [0.25, 0.3) is 0 Å². The summed E-state index contributed by atoms with van der Waals surface area (Å²) in [6.07, 6.45) is 3.73. The Morgan fingerprint density at radius 3 is 2.44 bits per heavy atom. The Kier molecular flexibility index (Phi) is 4.97. The lowest BCUT2D eigenvalue weighted by molar-refractivity contribution is -0.142. The van der Waals surface area contributed by atoms with Crippen LogP contribution in [0.3, 0.4) is 0 Å². The van der Waals surface area contributed by atoms with E-state index in [2.05, 4.69) is 42.6 Å². The van der Waals surface area contributed by atoms with E-state index in [0.717, 1.165) is 36.8 Å². The van der Waals surface area contributed by atoms with Gasteiger partial charge in [0, 0.05) is 19.0 Å². The highest BCUT2D eigenvalue weighted by Gasteiger charge is 2.41. The molecule has 0 aromatic heterocycles. The molecule has 1 atom stereocenters. The molecule has 1 aliphatic carbocycles. The lowest BCUT2D eigenvalue weighted by Gasteiger charge is -2.36. The number of rotatable bonds is 5. The SMILES string of the molecule is CCc1ccc(CNC(=O)C2c3ccccc3CCN2C(=O)C2CC2)cc1. The summed E-state index contributed by atoms with van der Waals surface area (Å²) in [6.45, 7) is 3.23. The summed E-state index contributed by atoms with van der Waals surface area (Å²) in [7, 11) is 0. The van der Waals surface area contributed by atoms with Crippen LogP contribution in [0.5, 0.6) is 0 Å². The Morgan fingerprint density at radius 2 is 1.74 bits per heavy atom. The van der Waals surface area contributed by atoms with Crippen LogP contribution in [0.2, 0.25) is 0 Å². The molecule has 1 unspecified atom stereocenters. The molecule has 1 fully saturated rings. The third-order valence-corrected chi connectivity index (χ3v) is 5.64. The van der Waals surface area contributed by atoms with Crippen molar-refractivity contribution in [2.75, 3.05) is 6.54 Å². The van der Waals surface area contributed by atoms with Crippen molar-refractivity contribution in [3.8, 4) is 0 Å². The van der Waals surface area contributed by atoms with Gasteiger partial charge in [-0.3, -0.25) is 9.59 Å². The second-order valence-corrected chi connectivity index (χ2v) is 7.55. The van der Waals surface area contributed by atoms with Crippen LogP contribution in [0.15, 0.2) is 48.5 Å². The van der Waals surface area contributed by atoms with Gasteiger partial charge in [-0.25, -0.2) is 0 Å². The fraction of sp³-hybridized carbons (Fsp3) is 0.391. The largest absolute Gasteiger partial charge is 0.350 e. The number of carbonyl (C=O) groups excluding carboxylic acids is 2. The van der Waals surface area contributed by atoms with Crippen molar-refractivity contribution < 1.29 is 9.59 Å². The molecule has 2 amide bonds. The summed E-state index contributed by atoms with van der Waals surface area (Å²) >= 11 is 0. The highest BCUT2D eigenvalue weighted by atomic mass is 16.2. The van der Waals surface area contributed by atoms with Gasteiger partial charge in [0.05, 0.1) is 0 Å². The number of fused-ring (bicyclic) bond motifs is 1. The van der Waals surface area contributed by atoms with Crippen LogP contribution in [0, 0.1) is 5.92 Å². The number of hydrogen-bond acceptors (Lipinski definition) is 2. The second kappa shape index (κ2) is 7.55. The van der Waals surface area contributed by atoms with Crippen molar-refractivity contribution in [1.29, 1.82) is 0 Å². The fourth-order valence-corrected chi connectivity index (χ4v) is 3.83. The molecule has 4 heteroatoms. The molecular weight excluding hydrogens is 336 g/mol. The molecule has 1 heterocycles. The predicted molar refractivity (Wildman–Crippen MR) is 105 cm³/mol. The van der Waals surface area contributed by atoms with E-state index in [1.54, 1.807) is 4.90 Å². The summed E-state index contributed by atoms with van der Waals surface area (Å²) in [5.41, 5.74) is 4.50. The zero-order valence-electron chi connectivity index (χ0n) is 15.8. The van der Waals surface area contributed by atoms with Crippen LogP contribution < -0.4 is 5.32 Å². The minimum atomic E-state index is -0.516. The van der Waals surface area contributed by atoms with Crippen molar-refractivity contribution in [3.63, 3.8) is 0 Å². The first-order chi connectivity index (χ1) is 13.2. The van der Waals surface area contributed by atoms with E-state index in [-0.39, 0.29) is 17.7 Å². The van der Waals surface area contributed by atoms with E-state index in [1.165, 1.54) is 11.1 Å². The monoisotopic (exact) mass is 362 g/mol. The Bertz CT molecular complexity index is 840. The third kappa shape index (κ3) is 3.75. The van der Waals surface area contributed by atoms with Gasteiger partial charge < -0.3 is 10.2 Å². The topological polar surface area (TPSA) is 49.4 Å². The highest BCUT2D eigenvalue weighted by molar-refractivity contribution is 5.91. The van der Waals surface area contributed by atoms with E-state index in [9.17, 15) is 9.59 Å². The van der Waals surface area contributed by atoms with E-state index in [4.69, 9.17) is 0 Å². The molecule has 1 saturated carbocycles. The van der Waals surface area contributed by atoms with Crippen molar-refractivity contribution in [2.24, 2.45) is 5.92 Å². The van der Waals surface area contributed by atoms with Crippen LogP contribution in [-0.2, 0) is 29.0 Å². The van der Waals surface area contributed by atoms with Gasteiger partial charge in [0.15, 0.2) is 0 Å². The minimum Gasteiger partial charge on any atom is -0.350 e. The number of benzene rings is 2. The first-order valence-electron chi connectivity index (χ1n) is 9.91. The Hall–Kier alpha value is -2.62. The maximum atomic E-state index is 13.1. The van der Waals surface area contributed by atoms with Crippen LogP contribution in [0.1, 0.15) is 48.1 Å². The van der Waals surface area contributed by atoms with Gasteiger partial charge in [-0.1, -0.05) is 55.5 Å². The molecule has 4 nitrogen and oxygen atoms in total. The average molecular weight is 362 g/mol. The van der Waals surface area contributed by atoms with E-state index < -0.39 is 6.04 Å². The third-order valence-electron chi connectivity index (χ3n) is 5.64. The van der Waals surface area contributed by atoms with Gasteiger partial charge in [-0.05, 0) is 47.9 Å². The molecule has 1 aliphatic heterocycles. The zero-order valence-corrected chi connectivity index (χ0v) is 15.8. The van der Waals surface area contributed by atoms with Crippen molar-refractivity contribution in [2.45, 2.75) is 45.2 Å². The molecule has 0 radical (unpaired) electrons. The van der Waals surface area contributed by atoms with E-state index in [1.807, 2.05) is 18.2 Å².